The molecule has 136 valence electrons. The molecule has 0 amide bonds. The highest BCUT2D eigenvalue weighted by molar-refractivity contribution is 5.87. The molecule has 0 aliphatic carbocycles. The van der Waals surface area contributed by atoms with Crippen LogP contribution in [-0.2, 0) is 0 Å². The Kier molecular flexibility index (Phi) is 10.5. The lowest BCUT2D eigenvalue weighted by Crippen LogP contribution is -2.27. The highest BCUT2D eigenvalue weighted by Crippen LogP contribution is 2.04. The minimum atomic E-state index is -0.879. The molecule has 0 saturated heterocycles. The Bertz CT molecular complexity index is 567. The van der Waals surface area contributed by atoms with Crippen molar-refractivity contribution in [3.63, 3.8) is 0 Å². The predicted molar refractivity (Wildman–Crippen MR) is 94.8 cm³/mol. The SMILES string of the molecule is CCC(C)(O)CO.O=C(O)c1ccccc1.O=C(O)c1ccccc1. The summed E-state index contributed by atoms with van der Waals surface area (Å²) in [5, 5.41) is 34.0. The zero-order chi connectivity index (χ0) is 19.3. The summed E-state index contributed by atoms with van der Waals surface area (Å²) in [5.41, 5.74) is -0.199. The molecule has 4 N–H and O–H groups in total. The standard InChI is InChI=1S/2C7H6O2.C5H12O2/c2*8-7(9)6-4-2-1-3-5-6;1-3-5(2,7)4-6/h2*1-5H,(H,8,9);6-7H,3-4H2,1-2H3. The van der Waals surface area contributed by atoms with Gasteiger partial charge in [0.25, 0.3) is 0 Å². The molecular weight excluding hydrogens is 324 g/mol. The highest BCUT2D eigenvalue weighted by atomic mass is 16.4. The fourth-order valence-electron chi connectivity index (χ4n) is 1.27. The fraction of sp³-hybridized carbons (Fsp3) is 0.263. The van der Waals surface area contributed by atoms with E-state index in [2.05, 4.69) is 0 Å². The van der Waals surface area contributed by atoms with E-state index in [1.807, 2.05) is 6.92 Å². The largest absolute Gasteiger partial charge is 0.478 e. The molecule has 6 nitrogen and oxygen atoms in total. The molecule has 0 fully saturated rings. The molecule has 0 radical (unpaired) electrons. The average Bonchev–Trinajstić information content (AvgIpc) is 2.64. The minimum absolute atomic E-state index is 0.149. The van der Waals surface area contributed by atoms with Crippen LogP contribution in [-0.4, -0.2) is 44.6 Å². The summed E-state index contributed by atoms with van der Waals surface area (Å²) in [6.07, 6.45) is 0.601. The molecule has 25 heavy (non-hydrogen) atoms. The van der Waals surface area contributed by atoms with E-state index in [0.717, 1.165) is 0 Å². The summed E-state index contributed by atoms with van der Waals surface area (Å²) in [6.45, 7) is 3.28. The van der Waals surface area contributed by atoms with Crippen molar-refractivity contribution in [3.05, 3.63) is 71.8 Å². The first-order valence-electron chi connectivity index (χ1n) is 7.63. The molecular formula is C19H24O6. The Morgan fingerprint density at radius 1 is 0.840 bits per heavy atom. The van der Waals surface area contributed by atoms with Gasteiger partial charge in [-0.2, -0.15) is 0 Å². The van der Waals surface area contributed by atoms with E-state index in [1.54, 1.807) is 67.6 Å². The van der Waals surface area contributed by atoms with E-state index in [4.69, 9.17) is 20.4 Å². The van der Waals surface area contributed by atoms with Gasteiger partial charge in [-0.1, -0.05) is 43.3 Å². The first-order chi connectivity index (χ1) is 11.7. The number of carbonyl (C=O) groups is 2. The summed E-state index contributed by atoms with van der Waals surface area (Å²) in [7, 11) is 0. The van der Waals surface area contributed by atoms with E-state index in [-0.39, 0.29) is 6.61 Å². The summed E-state index contributed by atoms with van der Waals surface area (Å²) in [4.78, 5) is 20.4. The van der Waals surface area contributed by atoms with Crippen molar-refractivity contribution >= 4 is 11.9 Å². The maximum Gasteiger partial charge on any atom is 0.335 e. The molecule has 0 aliphatic rings. The smallest absolute Gasteiger partial charge is 0.335 e. The van der Waals surface area contributed by atoms with Crippen LogP contribution in [0.5, 0.6) is 0 Å². The number of rotatable bonds is 4. The number of hydrogen-bond acceptors (Lipinski definition) is 4. The molecule has 2 aromatic rings. The van der Waals surface area contributed by atoms with Crippen LogP contribution in [0.15, 0.2) is 60.7 Å². The van der Waals surface area contributed by atoms with Gasteiger partial charge in [0.2, 0.25) is 0 Å². The lowest BCUT2D eigenvalue weighted by Gasteiger charge is -2.16. The van der Waals surface area contributed by atoms with Crippen molar-refractivity contribution in [3.8, 4) is 0 Å². The molecule has 2 aromatic carbocycles. The van der Waals surface area contributed by atoms with Gasteiger partial charge in [-0.15, -0.1) is 0 Å². The number of carboxylic acid groups (broad SMARTS) is 2. The maximum absolute atomic E-state index is 10.2. The van der Waals surface area contributed by atoms with Gasteiger partial charge in [-0.25, -0.2) is 9.59 Å². The molecule has 0 bridgehead atoms. The number of carboxylic acids is 2. The Hall–Kier alpha value is -2.70. The number of hydrogen-bond donors (Lipinski definition) is 4. The van der Waals surface area contributed by atoms with E-state index < -0.39 is 17.5 Å². The molecule has 0 aromatic heterocycles. The molecule has 0 aliphatic heterocycles. The van der Waals surface area contributed by atoms with Gasteiger partial charge in [0, 0.05) is 0 Å². The second-order valence-corrected chi connectivity index (χ2v) is 5.35. The highest BCUT2D eigenvalue weighted by Gasteiger charge is 2.14. The zero-order valence-electron chi connectivity index (χ0n) is 14.3. The van der Waals surface area contributed by atoms with E-state index >= 15 is 0 Å². The van der Waals surface area contributed by atoms with Crippen LogP contribution in [0.2, 0.25) is 0 Å². The molecule has 0 heterocycles. The van der Waals surface area contributed by atoms with Crippen LogP contribution in [0.4, 0.5) is 0 Å². The average molecular weight is 348 g/mol. The molecule has 1 atom stereocenters. The minimum Gasteiger partial charge on any atom is -0.478 e. The monoisotopic (exact) mass is 348 g/mol. The Balaban J connectivity index is 0.000000350. The van der Waals surface area contributed by atoms with Gasteiger partial charge in [0.1, 0.15) is 0 Å². The first-order valence-corrected chi connectivity index (χ1v) is 7.63. The van der Waals surface area contributed by atoms with Crippen molar-refractivity contribution in [1.82, 2.24) is 0 Å². The topological polar surface area (TPSA) is 115 Å². The summed E-state index contributed by atoms with van der Waals surface area (Å²) < 4.78 is 0. The van der Waals surface area contributed by atoms with Crippen LogP contribution in [0.25, 0.3) is 0 Å². The molecule has 0 saturated carbocycles. The van der Waals surface area contributed by atoms with Crippen molar-refractivity contribution in [2.75, 3.05) is 6.61 Å². The van der Waals surface area contributed by atoms with E-state index in [1.165, 1.54) is 0 Å². The second kappa shape index (κ2) is 11.8. The summed E-state index contributed by atoms with van der Waals surface area (Å²) in [5.74, 6) is -1.76. The van der Waals surface area contributed by atoms with Crippen molar-refractivity contribution < 1.29 is 30.0 Å². The van der Waals surface area contributed by atoms with Gasteiger partial charge < -0.3 is 20.4 Å². The molecule has 2 rings (SSSR count). The fourth-order valence-corrected chi connectivity index (χ4v) is 1.27. The van der Waals surface area contributed by atoms with Crippen LogP contribution in [0.3, 0.4) is 0 Å². The third kappa shape index (κ3) is 10.6. The number of aliphatic hydroxyl groups excluding tert-OH is 1. The van der Waals surface area contributed by atoms with Gasteiger partial charge in [0.15, 0.2) is 0 Å². The lowest BCUT2D eigenvalue weighted by atomic mass is 10.1. The number of aliphatic hydroxyl groups is 2. The van der Waals surface area contributed by atoms with Crippen LogP contribution < -0.4 is 0 Å². The van der Waals surface area contributed by atoms with Crippen molar-refractivity contribution in [2.45, 2.75) is 25.9 Å². The van der Waals surface area contributed by atoms with Gasteiger partial charge >= 0.3 is 11.9 Å². The second-order valence-electron chi connectivity index (χ2n) is 5.35. The quantitative estimate of drug-likeness (QED) is 0.675. The summed E-state index contributed by atoms with van der Waals surface area (Å²) in [6, 6.07) is 16.6. The normalized spacial score (nSPS) is 11.7. The molecule has 0 spiro atoms. The van der Waals surface area contributed by atoms with Gasteiger partial charge in [-0.05, 0) is 37.6 Å². The third-order valence-electron chi connectivity index (χ3n) is 3.14. The predicted octanol–water partition coefficient (Wildman–Crippen LogP) is 2.91. The van der Waals surface area contributed by atoms with Crippen molar-refractivity contribution in [1.29, 1.82) is 0 Å². The van der Waals surface area contributed by atoms with Crippen LogP contribution in [0.1, 0.15) is 41.0 Å². The Labute approximate surface area is 147 Å². The van der Waals surface area contributed by atoms with Gasteiger partial charge in [-0.3, -0.25) is 0 Å². The zero-order valence-corrected chi connectivity index (χ0v) is 14.3. The summed E-state index contributed by atoms with van der Waals surface area (Å²) >= 11 is 0. The number of benzene rings is 2. The van der Waals surface area contributed by atoms with E-state index in [0.29, 0.717) is 17.5 Å². The van der Waals surface area contributed by atoms with Crippen molar-refractivity contribution in [2.24, 2.45) is 0 Å². The number of aromatic carboxylic acids is 2. The lowest BCUT2D eigenvalue weighted by molar-refractivity contribution is -0.00108. The maximum atomic E-state index is 10.2. The first kappa shape index (κ1) is 22.3. The molecule has 6 heteroatoms. The Morgan fingerprint density at radius 2 is 1.16 bits per heavy atom. The van der Waals surface area contributed by atoms with Gasteiger partial charge in [0.05, 0.1) is 23.3 Å². The van der Waals surface area contributed by atoms with Crippen LogP contribution in [0, 0.1) is 0 Å². The Morgan fingerprint density at radius 3 is 1.28 bits per heavy atom. The molecule has 1 unspecified atom stereocenters. The van der Waals surface area contributed by atoms with Crippen LogP contribution >= 0.6 is 0 Å². The third-order valence-corrected chi connectivity index (χ3v) is 3.14. The van der Waals surface area contributed by atoms with E-state index in [9.17, 15) is 9.59 Å².